The van der Waals surface area contributed by atoms with E-state index in [4.69, 9.17) is 10.5 Å². The lowest BCUT2D eigenvalue weighted by atomic mass is 9.97. The van der Waals surface area contributed by atoms with Gasteiger partial charge in [0.25, 0.3) is 0 Å². The van der Waals surface area contributed by atoms with Gasteiger partial charge in [-0.3, -0.25) is 4.79 Å². The SMILES string of the molecule is CCOc1cccc(N)c1C(=O)c1ccc2c(c1)CCC2. The molecule has 0 saturated heterocycles. The van der Waals surface area contributed by atoms with E-state index >= 15 is 0 Å². The van der Waals surface area contributed by atoms with Gasteiger partial charge < -0.3 is 10.5 Å². The summed E-state index contributed by atoms with van der Waals surface area (Å²) in [4.78, 5) is 12.8. The predicted octanol–water partition coefficient (Wildman–Crippen LogP) is 3.39. The molecule has 108 valence electrons. The second kappa shape index (κ2) is 5.60. The van der Waals surface area contributed by atoms with E-state index in [0.717, 1.165) is 12.8 Å². The largest absolute Gasteiger partial charge is 0.493 e. The zero-order chi connectivity index (χ0) is 14.8. The summed E-state index contributed by atoms with van der Waals surface area (Å²) >= 11 is 0. The molecule has 0 amide bonds. The highest BCUT2D eigenvalue weighted by Gasteiger charge is 2.20. The Morgan fingerprint density at radius 3 is 2.81 bits per heavy atom. The smallest absolute Gasteiger partial charge is 0.198 e. The van der Waals surface area contributed by atoms with E-state index in [0.29, 0.717) is 29.2 Å². The van der Waals surface area contributed by atoms with Gasteiger partial charge in [0.2, 0.25) is 0 Å². The molecule has 1 aliphatic carbocycles. The molecule has 0 unspecified atom stereocenters. The number of nitrogens with two attached hydrogens (primary N) is 1. The molecule has 0 radical (unpaired) electrons. The molecule has 0 aromatic heterocycles. The normalized spacial score (nSPS) is 13.0. The monoisotopic (exact) mass is 281 g/mol. The molecule has 0 spiro atoms. The van der Waals surface area contributed by atoms with Gasteiger partial charge in [-0.25, -0.2) is 0 Å². The van der Waals surface area contributed by atoms with Gasteiger partial charge in [-0.15, -0.1) is 0 Å². The molecule has 0 saturated carbocycles. The van der Waals surface area contributed by atoms with Crippen molar-refractivity contribution in [1.82, 2.24) is 0 Å². The lowest BCUT2D eigenvalue weighted by molar-refractivity contribution is 0.103. The number of aryl methyl sites for hydroxylation is 2. The Kier molecular flexibility index (Phi) is 3.65. The molecule has 3 nitrogen and oxygen atoms in total. The molecule has 3 heteroatoms. The molecule has 2 aromatic carbocycles. The Bertz CT molecular complexity index is 692. The van der Waals surface area contributed by atoms with Crippen molar-refractivity contribution in [3.63, 3.8) is 0 Å². The van der Waals surface area contributed by atoms with Gasteiger partial charge in [0.05, 0.1) is 12.2 Å². The van der Waals surface area contributed by atoms with E-state index in [1.54, 1.807) is 18.2 Å². The Morgan fingerprint density at radius 1 is 1.19 bits per heavy atom. The van der Waals surface area contributed by atoms with Crippen molar-refractivity contribution in [1.29, 1.82) is 0 Å². The standard InChI is InChI=1S/C18H19NO2/c1-2-21-16-8-4-7-15(19)17(16)18(20)14-10-9-12-5-3-6-13(12)11-14/h4,7-11H,2-3,5-6,19H2,1H3. The average molecular weight is 281 g/mol. The number of ketones is 1. The van der Waals surface area contributed by atoms with E-state index in [2.05, 4.69) is 6.07 Å². The summed E-state index contributed by atoms with van der Waals surface area (Å²) in [5.41, 5.74) is 10.3. The molecule has 0 bridgehead atoms. The Hall–Kier alpha value is -2.29. The summed E-state index contributed by atoms with van der Waals surface area (Å²) < 4.78 is 5.55. The summed E-state index contributed by atoms with van der Waals surface area (Å²) in [6.45, 7) is 2.40. The lowest BCUT2D eigenvalue weighted by Gasteiger charge is -2.12. The minimum atomic E-state index is -0.0637. The maximum atomic E-state index is 12.8. The van der Waals surface area contributed by atoms with Gasteiger partial charge in [-0.2, -0.15) is 0 Å². The van der Waals surface area contributed by atoms with Crippen molar-refractivity contribution >= 4 is 11.5 Å². The quantitative estimate of drug-likeness (QED) is 0.690. The minimum absolute atomic E-state index is 0.0637. The van der Waals surface area contributed by atoms with Crippen LogP contribution in [0.5, 0.6) is 5.75 Å². The Morgan fingerprint density at radius 2 is 2.00 bits per heavy atom. The fraction of sp³-hybridized carbons (Fsp3) is 0.278. The highest BCUT2D eigenvalue weighted by atomic mass is 16.5. The van der Waals surface area contributed by atoms with Crippen LogP contribution >= 0.6 is 0 Å². The lowest BCUT2D eigenvalue weighted by Crippen LogP contribution is -2.09. The summed E-state index contributed by atoms with van der Waals surface area (Å²) in [5, 5.41) is 0. The number of nitrogen functional groups attached to an aromatic ring is 1. The van der Waals surface area contributed by atoms with Crippen LogP contribution in [0.4, 0.5) is 5.69 Å². The van der Waals surface area contributed by atoms with Crippen LogP contribution in [0.3, 0.4) is 0 Å². The van der Waals surface area contributed by atoms with Crippen LogP contribution in [-0.2, 0) is 12.8 Å². The van der Waals surface area contributed by atoms with Crippen molar-refractivity contribution in [3.05, 3.63) is 58.7 Å². The Labute approximate surface area is 124 Å². The molecular formula is C18H19NO2. The molecule has 0 atom stereocenters. The first-order valence-corrected chi connectivity index (χ1v) is 7.38. The van der Waals surface area contributed by atoms with E-state index < -0.39 is 0 Å². The number of fused-ring (bicyclic) bond motifs is 1. The number of benzene rings is 2. The third kappa shape index (κ3) is 2.51. The van der Waals surface area contributed by atoms with Crippen LogP contribution in [0.2, 0.25) is 0 Å². The summed E-state index contributed by atoms with van der Waals surface area (Å²) in [6.07, 6.45) is 3.34. The van der Waals surface area contributed by atoms with Crippen molar-refractivity contribution < 1.29 is 9.53 Å². The number of ether oxygens (including phenoxy) is 1. The van der Waals surface area contributed by atoms with Crippen molar-refractivity contribution in [2.24, 2.45) is 0 Å². The fourth-order valence-corrected chi connectivity index (χ4v) is 2.92. The fourth-order valence-electron chi connectivity index (χ4n) is 2.92. The van der Waals surface area contributed by atoms with Crippen molar-refractivity contribution in [3.8, 4) is 5.75 Å². The molecule has 2 N–H and O–H groups in total. The number of anilines is 1. The van der Waals surface area contributed by atoms with Crippen LogP contribution in [0, 0.1) is 0 Å². The maximum absolute atomic E-state index is 12.8. The minimum Gasteiger partial charge on any atom is -0.493 e. The van der Waals surface area contributed by atoms with Crippen LogP contribution in [0.1, 0.15) is 40.4 Å². The van der Waals surface area contributed by atoms with Crippen LogP contribution < -0.4 is 10.5 Å². The molecule has 0 aliphatic heterocycles. The van der Waals surface area contributed by atoms with Gasteiger partial charge in [0.15, 0.2) is 5.78 Å². The van der Waals surface area contributed by atoms with Crippen LogP contribution in [0.25, 0.3) is 0 Å². The second-order valence-electron chi connectivity index (χ2n) is 5.32. The number of hydrogen-bond acceptors (Lipinski definition) is 3. The van der Waals surface area contributed by atoms with Crippen molar-refractivity contribution in [2.75, 3.05) is 12.3 Å². The molecule has 0 heterocycles. The Balaban J connectivity index is 2.02. The summed E-state index contributed by atoms with van der Waals surface area (Å²) in [6, 6.07) is 11.3. The zero-order valence-corrected chi connectivity index (χ0v) is 12.2. The molecular weight excluding hydrogens is 262 g/mol. The second-order valence-corrected chi connectivity index (χ2v) is 5.32. The molecule has 2 aromatic rings. The first kappa shape index (κ1) is 13.7. The van der Waals surface area contributed by atoms with Gasteiger partial charge in [-0.05, 0) is 55.5 Å². The van der Waals surface area contributed by atoms with Crippen molar-refractivity contribution in [2.45, 2.75) is 26.2 Å². The van der Waals surface area contributed by atoms with Gasteiger partial charge in [0, 0.05) is 11.3 Å². The predicted molar refractivity (Wildman–Crippen MR) is 83.9 cm³/mol. The number of carbonyl (C=O) groups excluding carboxylic acids is 1. The van der Waals surface area contributed by atoms with E-state index in [-0.39, 0.29) is 5.78 Å². The molecule has 21 heavy (non-hydrogen) atoms. The highest BCUT2D eigenvalue weighted by Crippen LogP contribution is 2.29. The molecule has 1 aliphatic rings. The van der Waals surface area contributed by atoms with E-state index in [1.807, 2.05) is 19.1 Å². The third-order valence-corrected chi connectivity index (χ3v) is 3.95. The van der Waals surface area contributed by atoms with E-state index in [1.165, 1.54) is 17.5 Å². The summed E-state index contributed by atoms with van der Waals surface area (Å²) in [7, 11) is 0. The van der Waals surface area contributed by atoms with Gasteiger partial charge in [-0.1, -0.05) is 18.2 Å². The van der Waals surface area contributed by atoms with Crippen LogP contribution in [0.15, 0.2) is 36.4 Å². The molecule has 0 fully saturated rings. The topological polar surface area (TPSA) is 52.3 Å². The number of hydrogen-bond donors (Lipinski definition) is 1. The highest BCUT2D eigenvalue weighted by molar-refractivity contribution is 6.14. The van der Waals surface area contributed by atoms with Gasteiger partial charge in [0.1, 0.15) is 5.75 Å². The molecule has 3 rings (SSSR count). The van der Waals surface area contributed by atoms with Gasteiger partial charge >= 0.3 is 0 Å². The maximum Gasteiger partial charge on any atom is 0.198 e. The summed E-state index contributed by atoms with van der Waals surface area (Å²) in [5.74, 6) is 0.495. The average Bonchev–Trinajstić information content (AvgIpc) is 2.94. The first-order chi connectivity index (χ1) is 10.2. The van der Waals surface area contributed by atoms with E-state index in [9.17, 15) is 4.79 Å². The first-order valence-electron chi connectivity index (χ1n) is 7.38. The number of rotatable bonds is 4. The zero-order valence-electron chi connectivity index (χ0n) is 12.2. The van der Waals surface area contributed by atoms with Crippen LogP contribution in [-0.4, -0.2) is 12.4 Å². The third-order valence-electron chi connectivity index (χ3n) is 3.95. The number of carbonyl (C=O) groups is 1.